The zero-order chi connectivity index (χ0) is 4.99. The summed E-state index contributed by atoms with van der Waals surface area (Å²) in [4.78, 5) is 0. The molecule has 0 aliphatic carbocycles. The van der Waals surface area contributed by atoms with Crippen molar-refractivity contribution in [3.63, 3.8) is 0 Å². The molecule has 0 saturated carbocycles. The number of terminal acetylenes is 1. The van der Waals surface area contributed by atoms with Crippen LogP contribution in [-0.2, 0) is 0 Å². The predicted molar refractivity (Wildman–Crippen MR) is 27.6 cm³/mol. The Kier molecular flexibility index (Phi) is 3.23. The van der Waals surface area contributed by atoms with E-state index in [1.54, 1.807) is 5.66 Å². The zero-order valence-electron chi connectivity index (χ0n) is 2.85. The summed E-state index contributed by atoms with van der Waals surface area (Å²) in [5.41, 5.74) is 1.80. The van der Waals surface area contributed by atoms with Gasteiger partial charge in [0.05, 0.1) is 0 Å². The van der Waals surface area contributed by atoms with Gasteiger partial charge in [0, 0.05) is 0 Å². The second-order valence-corrected chi connectivity index (χ2v) is 2.07. The SMILES string of the molecule is C#CP(F)N=P. The van der Waals surface area contributed by atoms with Gasteiger partial charge in [-0.15, -0.1) is 6.42 Å². The largest absolute Gasteiger partial charge is 0.286 e. The molecule has 0 amide bonds. The quantitative estimate of drug-likeness (QED) is 0.372. The normalized spacial score (nSPS) is 12.0. The maximum Gasteiger partial charge on any atom is 0.286 e. The highest BCUT2D eigenvalue weighted by atomic mass is 31.2. The van der Waals surface area contributed by atoms with Crippen LogP contribution in [0.4, 0.5) is 4.20 Å². The van der Waals surface area contributed by atoms with Gasteiger partial charge in [-0.05, 0) is 14.7 Å². The molecule has 1 atom stereocenters. The minimum Gasteiger partial charge on any atom is -0.204 e. The highest BCUT2D eigenvalue weighted by Gasteiger charge is 1.89. The van der Waals surface area contributed by atoms with Crippen LogP contribution in [0.2, 0.25) is 0 Å². The lowest BCUT2D eigenvalue weighted by Gasteiger charge is -1.77. The first-order valence-corrected chi connectivity index (χ1v) is 2.74. The van der Waals surface area contributed by atoms with E-state index in [0.717, 1.165) is 0 Å². The number of halogens is 1. The first kappa shape index (κ1) is 6.02. The summed E-state index contributed by atoms with van der Waals surface area (Å²) in [7, 11) is 0.544. The minimum atomic E-state index is -2.01. The van der Waals surface area contributed by atoms with Crippen LogP contribution in [0, 0.1) is 12.1 Å². The Bertz CT molecular complexity index is 86.0. The van der Waals surface area contributed by atoms with Crippen LogP contribution in [0.1, 0.15) is 0 Å². The minimum absolute atomic E-state index is 1.80. The number of nitrogens with zero attached hydrogens (tertiary/aromatic N) is 1. The molecule has 0 aromatic heterocycles. The lowest BCUT2D eigenvalue weighted by atomic mass is 11.4. The second kappa shape index (κ2) is 3.22. The molecule has 0 spiro atoms. The van der Waals surface area contributed by atoms with E-state index in [1.165, 1.54) is 0 Å². The Morgan fingerprint density at radius 1 is 2.00 bits per heavy atom. The molecule has 0 saturated heterocycles. The molecule has 0 aromatic carbocycles. The molecular weight excluding hydrogens is 119 g/mol. The molecule has 6 heavy (non-hydrogen) atoms. The van der Waals surface area contributed by atoms with Crippen molar-refractivity contribution < 1.29 is 4.20 Å². The van der Waals surface area contributed by atoms with E-state index in [-0.39, 0.29) is 0 Å². The standard InChI is InChI=1S/C2H2FNP2/c1-2-6(3)4-5/h1,5H. The van der Waals surface area contributed by atoms with Crippen LogP contribution in [-0.4, -0.2) is 0 Å². The molecule has 0 fully saturated rings. The average molecular weight is 121 g/mol. The van der Waals surface area contributed by atoms with Gasteiger partial charge in [0.1, 0.15) is 0 Å². The summed E-state index contributed by atoms with van der Waals surface area (Å²) in [5.74, 6) is 0. The van der Waals surface area contributed by atoms with E-state index in [0.29, 0.717) is 0 Å². The van der Waals surface area contributed by atoms with Gasteiger partial charge in [-0.1, -0.05) is 0 Å². The number of hydrogen-bond donors (Lipinski definition) is 0. The predicted octanol–water partition coefficient (Wildman–Crippen LogP) is 2.18. The highest BCUT2D eigenvalue weighted by molar-refractivity contribution is 7.58. The molecule has 0 N–H and O–H groups in total. The third-order valence-corrected chi connectivity index (χ3v) is 1.11. The molecule has 1 unspecified atom stereocenters. The molecule has 0 rings (SSSR count). The van der Waals surface area contributed by atoms with Crippen molar-refractivity contribution in [1.29, 1.82) is 0 Å². The summed E-state index contributed by atoms with van der Waals surface area (Å²) >= 11 is 0. The fraction of sp³-hybridized carbons (Fsp3) is 0. The summed E-state index contributed by atoms with van der Waals surface area (Å²) in [6.07, 6.45) is 4.56. The maximum absolute atomic E-state index is 11.5. The summed E-state index contributed by atoms with van der Waals surface area (Å²) in [5, 5.41) is 0. The lowest BCUT2D eigenvalue weighted by Crippen LogP contribution is -1.36. The Morgan fingerprint density at radius 2 is 2.50 bits per heavy atom. The molecule has 0 aliphatic rings. The Balaban J connectivity index is 3.30. The van der Waals surface area contributed by atoms with Gasteiger partial charge >= 0.3 is 0 Å². The second-order valence-electron chi connectivity index (χ2n) is 0.489. The number of hydrogen-bond acceptors (Lipinski definition) is 1. The van der Waals surface area contributed by atoms with E-state index in [9.17, 15) is 4.20 Å². The summed E-state index contributed by atoms with van der Waals surface area (Å²) in [6, 6.07) is 0. The van der Waals surface area contributed by atoms with E-state index in [1.807, 2.05) is 0 Å². The summed E-state index contributed by atoms with van der Waals surface area (Å²) < 4.78 is 14.4. The highest BCUT2D eigenvalue weighted by Crippen LogP contribution is 2.37. The number of rotatable bonds is 1. The van der Waals surface area contributed by atoms with Crippen molar-refractivity contribution in [2.75, 3.05) is 0 Å². The van der Waals surface area contributed by atoms with E-state index < -0.39 is 8.38 Å². The van der Waals surface area contributed by atoms with Gasteiger partial charge < -0.3 is 0 Å². The van der Waals surface area contributed by atoms with E-state index in [4.69, 9.17) is 0 Å². The van der Waals surface area contributed by atoms with Crippen molar-refractivity contribution in [3.05, 3.63) is 0 Å². The average Bonchev–Trinajstić information content (AvgIpc) is 1.65. The van der Waals surface area contributed by atoms with Gasteiger partial charge in [0.15, 0.2) is 0 Å². The Labute approximate surface area is 39.2 Å². The van der Waals surface area contributed by atoms with Crippen molar-refractivity contribution in [3.8, 4) is 12.1 Å². The van der Waals surface area contributed by atoms with Gasteiger partial charge in [-0.2, -0.15) is 4.20 Å². The van der Waals surface area contributed by atoms with Crippen molar-refractivity contribution in [2.24, 2.45) is 4.52 Å². The first-order chi connectivity index (χ1) is 2.81. The molecule has 1 nitrogen and oxygen atoms in total. The molecule has 0 aliphatic heterocycles. The van der Waals surface area contributed by atoms with Gasteiger partial charge in [-0.25, -0.2) is 4.52 Å². The molecule has 0 heterocycles. The van der Waals surface area contributed by atoms with E-state index in [2.05, 4.69) is 20.0 Å². The van der Waals surface area contributed by atoms with Gasteiger partial charge in [0.25, 0.3) is 8.38 Å². The maximum atomic E-state index is 11.5. The third-order valence-electron chi connectivity index (χ3n) is 0.194. The van der Waals surface area contributed by atoms with Gasteiger partial charge in [0.2, 0.25) is 0 Å². The fourth-order valence-electron chi connectivity index (χ4n) is 0.0289. The Morgan fingerprint density at radius 3 is 2.50 bits per heavy atom. The summed E-state index contributed by atoms with van der Waals surface area (Å²) in [6.45, 7) is 0. The fourth-order valence-corrected chi connectivity index (χ4v) is 0.260. The molecular formula is C2H2FNP2. The van der Waals surface area contributed by atoms with Crippen molar-refractivity contribution in [1.82, 2.24) is 0 Å². The molecule has 32 valence electrons. The Hall–Kier alpha value is 0.0200. The van der Waals surface area contributed by atoms with E-state index >= 15 is 0 Å². The lowest BCUT2D eigenvalue weighted by molar-refractivity contribution is 0.907. The van der Waals surface area contributed by atoms with Crippen LogP contribution < -0.4 is 0 Å². The van der Waals surface area contributed by atoms with Crippen LogP contribution in [0.15, 0.2) is 4.52 Å². The van der Waals surface area contributed by atoms with Crippen LogP contribution in [0.3, 0.4) is 0 Å². The third kappa shape index (κ3) is 2.27. The zero-order valence-corrected chi connectivity index (χ0v) is 4.74. The monoisotopic (exact) mass is 121 g/mol. The van der Waals surface area contributed by atoms with Gasteiger partial charge in [-0.3, -0.25) is 0 Å². The molecule has 0 radical (unpaired) electrons. The first-order valence-electron chi connectivity index (χ1n) is 1.10. The molecule has 4 heteroatoms. The van der Waals surface area contributed by atoms with Crippen LogP contribution in [0.5, 0.6) is 0 Å². The van der Waals surface area contributed by atoms with Crippen LogP contribution in [0.25, 0.3) is 0 Å². The smallest absolute Gasteiger partial charge is 0.204 e. The van der Waals surface area contributed by atoms with Crippen molar-refractivity contribution >= 4 is 17.4 Å². The van der Waals surface area contributed by atoms with Crippen molar-refractivity contribution in [2.45, 2.75) is 0 Å². The topological polar surface area (TPSA) is 12.4 Å². The molecule has 0 bridgehead atoms. The van der Waals surface area contributed by atoms with Crippen LogP contribution >= 0.6 is 17.4 Å². The molecule has 0 aromatic rings.